The maximum atomic E-state index is 12.1. The molecule has 0 radical (unpaired) electrons. The molecule has 1 aromatic carbocycles. The summed E-state index contributed by atoms with van der Waals surface area (Å²) in [7, 11) is 0. The van der Waals surface area contributed by atoms with Crippen molar-refractivity contribution < 1.29 is 14.3 Å². The van der Waals surface area contributed by atoms with Gasteiger partial charge in [0.15, 0.2) is 6.61 Å². The van der Waals surface area contributed by atoms with Crippen LogP contribution in [0.1, 0.15) is 73.7 Å². The third-order valence-electron chi connectivity index (χ3n) is 5.28. The van der Waals surface area contributed by atoms with Crippen LogP contribution in [0.3, 0.4) is 0 Å². The fourth-order valence-corrected chi connectivity index (χ4v) is 3.55. The molecule has 24 heavy (non-hydrogen) atoms. The highest BCUT2D eigenvalue weighted by Gasteiger charge is 2.29. The quantitative estimate of drug-likeness (QED) is 0.808. The lowest BCUT2D eigenvalue weighted by molar-refractivity contribution is -0.124. The topological polar surface area (TPSA) is 55.4 Å². The van der Waals surface area contributed by atoms with Gasteiger partial charge in [-0.25, -0.2) is 4.79 Å². The number of hydrogen-bond donors (Lipinski definition) is 1. The van der Waals surface area contributed by atoms with Crippen molar-refractivity contribution in [3.05, 3.63) is 35.4 Å². The SMILES string of the molecule is C[C@H](NC(=O)COC(=O)c1ccc(C2CCCCC2)cc1)C1CC1. The lowest BCUT2D eigenvalue weighted by atomic mass is 9.84. The van der Waals surface area contributed by atoms with E-state index in [2.05, 4.69) is 5.32 Å². The molecule has 2 aliphatic carbocycles. The first-order valence-electron chi connectivity index (χ1n) is 9.20. The lowest BCUT2D eigenvalue weighted by Gasteiger charge is -2.22. The Balaban J connectivity index is 1.46. The molecule has 0 aliphatic heterocycles. The molecule has 0 bridgehead atoms. The van der Waals surface area contributed by atoms with Crippen LogP contribution < -0.4 is 5.32 Å². The van der Waals surface area contributed by atoms with Gasteiger partial charge >= 0.3 is 5.97 Å². The van der Waals surface area contributed by atoms with Crippen LogP contribution in [0.15, 0.2) is 24.3 Å². The highest BCUT2D eigenvalue weighted by Crippen LogP contribution is 2.33. The molecule has 0 unspecified atom stereocenters. The van der Waals surface area contributed by atoms with Gasteiger partial charge in [-0.05, 0) is 62.1 Å². The van der Waals surface area contributed by atoms with Gasteiger partial charge in [-0.3, -0.25) is 4.79 Å². The molecule has 3 rings (SSSR count). The van der Waals surface area contributed by atoms with Gasteiger partial charge in [0.05, 0.1) is 5.56 Å². The van der Waals surface area contributed by atoms with Crippen molar-refractivity contribution in [3.8, 4) is 0 Å². The largest absolute Gasteiger partial charge is 0.452 e. The predicted octanol–water partition coefficient (Wildman–Crippen LogP) is 3.81. The van der Waals surface area contributed by atoms with E-state index in [-0.39, 0.29) is 18.6 Å². The number of amides is 1. The monoisotopic (exact) mass is 329 g/mol. The first-order chi connectivity index (χ1) is 11.6. The van der Waals surface area contributed by atoms with Gasteiger partial charge in [0.25, 0.3) is 5.91 Å². The van der Waals surface area contributed by atoms with Crippen molar-refractivity contribution >= 4 is 11.9 Å². The Bertz CT molecular complexity index is 571. The summed E-state index contributed by atoms with van der Waals surface area (Å²) in [6, 6.07) is 7.86. The Labute approximate surface area is 144 Å². The maximum Gasteiger partial charge on any atom is 0.338 e. The molecule has 2 fully saturated rings. The molecule has 1 atom stereocenters. The number of esters is 1. The minimum Gasteiger partial charge on any atom is -0.452 e. The third kappa shape index (κ3) is 4.59. The van der Waals surface area contributed by atoms with Crippen molar-refractivity contribution in [1.82, 2.24) is 5.32 Å². The van der Waals surface area contributed by atoms with Gasteiger partial charge in [-0.15, -0.1) is 0 Å². The van der Waals surface area contributed by atoms with E-state index >= 15 is 0 Å². The number of rotatable bonds is 6. The molecule has 0 spiro atoms. The first kappa shape index (κ1) is 17.0. The van der Waals surface area contributed by atoms with Crippen LogP contribution in [-0.2, 0) is 9.53 Å². The summed E-state index contributed by atoms with van der Waals surface area (Å²) in [5.74, 6) is 0.566. The van der Waals surface area contributed by atoms with Crippen LogP contribution in [0.2, 0.25) is 0 Å². The van der Waals surface area contributed by atoms with Gasteiger partial charge in [0, 0.05) is 6.04 Å². The Morgan fingerprint density at radius 3 is 2.38 bits per heavy atom. The maximum absolute atomic E-state index is 12.1. The second-order valence-corrected chi connectivity index (χ2v) is 7.23. The summed E-state index contributed by atoms with van der Waals surface area (Å²) in [6.45, 7) is 1.79. The van der Waals surface area contributed by atoms with E-state index in [1.54, 1.807) is 0 Å². The van der Waals surface area contributed by atoms with Crippen LogP contribution in [-0.4, -0.2) is 24.5 Å². The number of carbonyl (C=O) groups is 2. The number of benzene rings is 1. The van der Waals surface area contributed by atoms with Crippen LogP contribution in [0, 0.1) is 5.92 Å². The van der Waals surface area contributed by atoms with Gasteiger partial charge in [-0.2, -0.15) is 0 Å². The lowest BCUT2D eigenvalue weighted by Crippen LogP contribution is -2.37. The Morgan fingerprint density at radius 2 is 1.75 bits per heavy atom. The molecule has 2 aliphatic rings. The zero-order valence-electron chi connectivity index (χ0n) is 14.4. The minimum absolute atomic E-state index is 0.172. The molecule has 1 aromatic rings. The van der Waals surface area contributed by atoms with Crippen LogP contribution in [0.4, 0.5) is 0 Å². The fourth-order valence-electron chi connectivity index (χ4n) is 3.55. The summed E-state index contributed by atoms with van der Waals surface area (Å²) in [5.41, 5.74) is 1.82. The van der Waals surface area contributed by atoms with E-state index in [1.807, 2.05) is 31.2 Å². The Hall–Kier alpha value is -1.84. The van der Waals surface area contributed by atoms with Crippen molar-refractivity contribution in [2.75, 3.05) is 6.61 Å². The predicted molar refractivity (Wildman–Crippen MR) is 92.9 cm³/mol. The van der Waals surface area contributed by atoms with E-state index in [0.717, 1.165) is 0 Å². The summed E-state index contributed by atoms with van der Waals surface area (Å²) < 4.78 is 5.13. The van der Waals surface area contributed by atoms with E-state index in [1.165, 1.54) is 50.5 Å². The highest BCUT2D eigenvalue weighted by atomic mass is 16.5. The average molecular weight is 329 g/mol. The first-order valence-corrected chi connectivity index (χ1v) is 9.20. The summed E-state index contributed by atoms with van der Waals surface area (Å²) in [4.78, 5) is 23.9. The highest BCUT2D eigenvalue weighted by molar-refractivity contribution is 5.91. The molecule has 1 amide bonds. The molecule has 0 aromatic heterocycles. The number of hydrogen-bond acceptors (Lipinski definition) is 3. The van der Waals surface area contributed by atoms with Crippen molar-refractivity contribution in [3.63, 3.8) is 0 Å². The zero-order chi connectivity index (χ0) is 16.9. The molecule has 4 nitrogen and oxygen atoms in total. The molecule has 0 heterocycles. The normalized spacial score (nSPS) is 19.5. The zero-order valence-corrected chi connectivity index (χ0v) is 14.4. The van der Waals surface area contributed by atoms with Crippen LogP contribution in [0.5, 0.6) is 0 Å². The van der Waals surface area contributed by atoms with Gasteiger partial charge < -0.3 is 10.1 Å². The molecule has 2 saturated carbocycles. The van der Waals surface area contributed by atoms with Crippen molar-refractivity contribution in [2.45, 2.75) is 63.8 Å². The van der Waals surface area contributed by atoms with E-state index in [4.69, 9.17) is 4.74 Å². The summed E-state index contributed by atoms with van der Waals surface area (Å²) in [5, 5.41) is 2.88. The number of nitrogens with one attached hydrogen (secondary N) is 1. The van der Waals surface area contributed by atoms with Gasteiger partial charge in [0.1, 0.15) is 0 Å². The molecule has 0 saturated heterocycles. The number of carbonyl (C=O) groups excluding carboxylic acids is 2. The minimum atomic E-state index is -0.431. The third-order valence-corrected chi connectivity index (χ3v) is 5.28. The number of ether oxygens (including phenoxy) is 1. The molecular weight excluding hydrogens is 302 g/mol. The van der Waals surface area contributed by atoms with E-state index in [9.17, 15) is 9.59 Å². The molecular formula is C20H27NO3. The van der Waals surface area contributed by atoms with Crippen molar-refractivity contribution in [1.29, 1.82) is 0 Å². The summed E-state index contributed by atoms with van der Waals surface area (Å²) in [6.07, 6.45) is 8.75. The smallest absolute Gasteiger partial charge is 0.338 e. The van der Waals surface area contributed by atoms with Crippen LogP contribution in [0.25, 0.3) is 0 Å². The Kier molecular flexibility index (Phi) is 5.54. The average Bonchev–Trinajstić information content (AvgIpc) is 3.46. The van der Waals surface area contributed by atoms with Gasteiger partial charge in [-0.1, -0.05) is 31.4 Å². The second-order valence-electron chi connectivity index (χ2n) is 7.23. The van der Waals surface area contributed by atoms with Crippen LogP contribution >= 0.6 is 0 Å². The van der Waals surface area contributed by atoms with Crippen molar-refractivity contribution in [2.24, 2.45) is 5.92 Å². The van der Waals surface area contributed by atoms with E-state index in [0.29, 0.717) is 17.4 Å². The molecule has 4 heteroatoms. The summed E-state index contributed by atoms with van der Waals surface area (Å²) >= 11 is 0. The second kappa shape index (κ2) is 7.82. The van der Waals surface area contributed by atoms with E-state index < -0.39 is 5.97 Å². The Morgan fingerprint density at radius 1 is 1.08 bits per heavy atom. The molecule has 1 N–H and O–H groups in total. The molecule has 130 valence electrons. The van der Waals surface area contributed by atoms with Gasteiger partial charge in [0.2, 0.25) is 0 Å². The standard InChI is InChI=1S/C20H27NO3/c1-14(15-7-8-15)21-19(22)13-24-20(23)18-11-9-17(10-12-18)16-5-3-2-4-6-16/h9-12,14-16H,2-8,13H2,1H3,(H,21,22)/t14-/m0/s1. The fraction of sp³-hybridized carbons (Fsp3) is 0.600.